The zero-order chi connectivity index (χ0) is 11.8. The second-order valence-corrected chi connectivity index (χ2v) is 3.68. The number of hydrogen-bond donors (Lipinski definition) is 1. The number of rotatable bonds is 7. The van der Waals surface area contributed by atoms with E-state index in [1.807, 2.05) is 12.1 Å². The molecule has 0 aliphatic heterocycles. The maximum atomic E-state index is 5.37. The van der Waals surface area contributed by atoms with Crippen LogP contribution in [0.15, 0.2) is 18.3 Å². The van der Waals surface area contributed by atoms with Gasteiger partial charge in [0, 0.05) is 19.2 Å². The molecule has 1 aromatic heterocycles. The molecule has 1 unspecified atom stereocenters. The number of nitrogens with zero attached hydrogens (tertiary/aromatic N) is 1. The van der Waals surface area contributed by atoms with Gasteiger partial charge < -0.3 is 14.8 Å². The molecule has 0 aliphatic carbocycles. The fraction of sp³-hybridized carbons (Fsp3) is 0.583. The molecule has 0 amide bonds. The number of pyridine rings is 1. The summed E-state index contributed by atoms with van der Waals surface area (Å²) in [6.07, 6.45) is 2.88. The van der Waals surface area contributed by atoms with Gasteiger partial charge in [0.15, 0.2) is 0 Å². The summed E-state index contributed by atoms with van der Waals surface area (Å²) in [6.45, 7) is 5.40. The van der Waals surface area contributed by atoms with Crippen LogP contribution in [0.2, 0.25) is 0 Å². The molecule has 1 rings (SSSR count). The predicted octanol–water partition coefficient (Wildman–Crippen LogP) is 2.32. The summed E-state index contributed by atoms with van der Waals surface area (Å²) < 4.78 is 10.3. The Morgan fingerprint density at radius 3 is 2.75 bits per heavy atom. The molecule has 1 aromatic rings. The van der Waals surface area contributed by atoms with Crippen molar-refractivity contribution >= 4 is 5.69 Å². The van der Waals surface area contributed by atoms with Crippen LogP contribution in [0, 0.1) is 0 Å². The van der Waals surface area contributed by atoms with Crippen molar-refractivity contribution in [1.29, 1.82) is 0 Å². The molecule has 0 spiro atoms. The molecule has 4 heteroatoms. The Hall–Kier alpha value is -1.29. The molecular formula is C12H20N2O2. The minimum Gasteiger partial charge on any atom is -0.475 e. The van der Waals surface area contributed by atoms with E-state index in [1.165, 1.54) is 0 Å². The molecule has 0 aromatic carbocycles. The van der Waals surface area contributed by atoms with Gasteiger partial charge in [0.1, 0.15) is 6.61 Å². The van der Waals surface area contributed by atoms with Crippen LogP contribution >= 0.6 is 0 Å². The van der Waals surface area contributed by atoms with E-state index >= 15 is 0 Å². The molecule has 0 bridgehead atoms. The molecule has 0 radical (unpaired) electrons. The van der Waals surface area contributed by atoms with Crippen molar-refractivity contribution in [3.05, 3.63) is 18.3 Å². The summed E-state index contributed by atoms with van der Waals surface area (Å²) in [6, 6.07) is 4.30. The van der Waals surface area contributed by atoms with E-state index < -0.39 is 0 Å². The van der Waals surface area contributed by atoms with E-state index in [1.54, 1.807) is 13.3 Å². The average Bonchev–Trinajstić information content (AvgIpc) is 2.31. The second-order valence-electron chi connectivity index (χ2n) is 3.68. The Balaban J connectivity index is 2.41. The smallest absolute Gasteiger partial charge is 0.213 e. The Morgan fingerprint density at radius 2 is 2.19 bits per heavy atom. The molecule has 0 aliphatic rings. The van der Waals surface area contributed by atoms with Crippen molar-refractivity contribution in [2.45, 2.75) is 26.3 Å². The normalized spacial score (nSPS) is 12.2. The lowest BCUT2D eigenvalue weighted by molar-refractivity contribution is 0.144. The van der Waals surface area contributed by atoms with Gasteiger partial charge in [-0.15, -0.1) is 0 Å². The monoisotopic (exact) mass is 224 g/mol. The van der Waals surface area contributed by atoms with Crippen molar-refractivity contribution < 1.29 is 9.47 Å². The van der Waals surface area contributed by atoms with E-state index in [-0.39, 0.29) is 0 Å². The van der Waals surface area contributed by atoms with Crippen LogP contribution in [-0.4, -0.2) is 31.3 Å². The van der Waals surface area contributed by atoms with E-state index in [9.17, 15) is 0 Å². The van der Waals surface area contributed by atoms with Gasteiger partial charge in [-0.1, -0.05) is 6.92 Å². The zero-order valence-corrected chi connectivity index (χ0v) is 10.2. The van der Waals surface area contributed by atoms with Crippen LogP contribution < -0.4 is 10.1 Å². The molecule has 0 fully saturated rings. The van der Waals surface area contributed by atoms with Gasteiger partial charge in [0.05, 0.1) is 18.5 Å². The van der Waals surface area contributed by atoms with Gasteiger partial charge in [0.2, 0.25) is 5.88 Å². The third kappa shape index (κ3) is 4.49. The highest BCUT2D eigenvalue weighted by atomic mass is 16.5. The number of methoxy groups -OCH3 is 1. The Labute approximate surface area is 97.0 Å². The first kappa shape index (κ1) is 12.8. The quantitative estimate of drug-likeness (QED) is 0.722. The maximum absolute atomic E-state index is 5.37. The van der Waals surface area contributed by atoms with Crippen molar-refractivity contribution in [1.82, 2.24) is 4.98 Å². The van der Waals surface area contributed by atoms with Gasteiger partial charge in [-0.05, 0) is 19.4 Å². The van der Waals surface area contributed by atoms with Crippen molar-refractivity contribution in [3.63, 3.8) is 0 Å². The van der Waals surface area contributed by atoms with Gasteiger partial charge in [-0.25, -0.2) is 4.98 Å². The average molecular weight is 224 g/mol. The summed E-state index contributed by atoms with van der Waals surface area (Å²) in [7, 11) is 1.65. The number of ether oxygens (including phenoxy) is 2. The molecule has 90 valence electrons. The van der Waals surface area contributed by atoms with Crippen LogP contribution in [0.4, 0.5) is 5.69 Å². The van der Waals surface area contributed by atoms with Gasteiger partial charge >= 0.3 is 0 Å². The number of nitrogens with one attached hydrogen (secondary N) is 1. The SMILES string of the molecule is CCC(C)Nc1ccc(OCCOC)nc1. The topological polar surface area (TPSA) is 43.4 Å². The Kier molecular flexibility index (Phi) is 5.64. The Morgan fingerprint density at radius 1 is 1.38 bits per heavy atom. The molecule has 4 nitrogen and oxygen atoms in total. The molecule has 0 saturated heterocycles. The molecule has 16 heavy (non-hydrogen) atoms. The van der Waals surface area contributed by atoms with Crippen LogP contribution in [-0.2, 0) is 4.74 Å². The third-order valence-corrected chi connectivity index (χ3v) is 2.30. The Bertz CT molecular complexity index is 288. The van der Waals surface area contributed by atoms with E-state index in [2.05, 4.69) is 24.1 Å². The van der Waals surface area contributed by atoms with Crippen molar-refractivity contribution in [2.24, 2.45) is 0 Å². The molecule has 1 heterocycles. The van der Waals surface area contributed by atoms with E-state index in [0.29, 0.717) is 25.1 Å². The maximum Gasteiger partial charge on any atom is 0.213 e. The first-order valence-corrected chi connectivity index (χ1v) is 5.60. The lowest BCUT2D eigenvalue weighted by atomic mass is 10.2. The van der Waals surface area contributed by atoms with Gasteiger partial charge in [0.25, 0.3) is 0 Å². The first-order valence-electron chi connectivity index (χ1n) is 5.60. The summed E-state index contributed by atoms with van der Waals surface area (Å²) >= 11 is 0. The number of anilines is 1. The molecule has 1 atom stereocenters. The molecule has 0 saturated carbocycles. The van der Waals surface area contributed by atoms with Crippen molar-refractivity contribution in [2.75, 3.05) is 25.6 Å². The summed E-state index contributed by atoms with van der Waals surface area (Å²) in [5.41, 5.74) is 1.02. The largest absolute Gasteiger partial charge is 0.475 e. The fourth-order valence-electron chi connectivity index (χ4n) is 1.17. The summed E-state index contributed by atoms with van der Waals surface area (Å²) in [5, 5.41) is 3.34. The highest BCUT2D eigenvalue weighted by Gasteiger charge is 2.00. The van der Waals surface area contributed by atoms with Crippen molar-refractivity contribution in [3.8, 4) is 5.88 Å². The zero-order valence-electron chi connectivity index (χ0n) is 10.2. The highest BCUT2D eigenvalue weighted by molar-refractivity contribution is 5.42. The van der Waals surface area contributed by atoms with Crippen LogP contribution in [0.25, 0.3) is 0 Å². The first-order chi connectivity index (χ1) is 7.76. The highest BCUT2D eigenvalue weighted by Crippen LogP contribution is 2.13. The van der Waals surface area contributed by atoms with E-state index in [0.717, 1.165) is 12.1 Å². The minimum atomic E-state index is 0.460. The second kappa shape index (κ2) is 7.06. The minimum absolute atomic E-state index is 0.460. The summed E-state index contributed by atoms with van der Waals surface area (Å²) in [4.78, 5) is 4.20. The third-order valence-electron chi connectivity index (χ3n) is 2.30. The van der Waals surface area contributed by atoms with Gasteiger partial charge in [-0.3, -0.25) is 0 Å². The lowest BCUT2D eigenvalue weighted by Crippen LogP contribution is -2.13. The predicted molar refractivity (Wildman–Crippen MR) is 65.0 cm³/mol. The van der Waals surface area contributed by atoms with Crippen LogP contribution in [0.3, 0.4) is 0 Å². The van der Waals surface area contributed by atoms with E-state index in [4.69, 9.17) is 9.47 Å². The summed E-state index contributed by atoms with van der Waals surface area (Å²) in [5.74, 6) is 0.631. The molecule has 1 N–H and O–H groups in total. The standard InChI is InChI=1S/C12H20N2O2/c1-4-10(2)14-11-5-6-12(13-9-11)16-8-7-15-3/h5-6,9-10,14H,4,7-8H2,1-3H3. The number of aromatic nitrogens is 1. The van der Waals surface area contributed by atoms with Crippen LogP contribution in [0.1, 0.15) is 20.3 Å². The van der Waals surface area contributed by atoms with Gasteiger partial charge in [-0.2, -0.15) is 0 Å². The van der Waals surface area contributed by atoms with Crippen LogP contribution in [0.5, 0.6) is 5.88 Å². The fourth-order valence-corrected chi connectivity index (χ4v) is 1.17. The lowest BCUT2D eigenvalue weighted by Gasteiger charge is -2.12. The molecular weight excluding hydrogens is 204 g/mol. The number of hydrogen-bond acceptors (Lipinski definition) is 4.